The SMILES string of the molecule is CCCCCCCCC(CCCCCC)S(=O)(=O)OC(C(=O)OCC)C(=O)OCC. The van der Waals surface area contributed by atoms with E-state index in [2.05, 4.69) is 13.8 Å². The fraction of sp³-hybridized carbons (Fsp3) is 0.909. The Morgan fingerprint density at radius 1 is 0.667 bits per heavy atom. The molecular weight excluding hydrogens is 408 g/mol. The molecule has 0 aromatic heterocycles. The fourth-order valence-corrected chi connectivity index (χ4v) is 4.70. The van der Waals surface area contributed by atoms with Crippen LogP contribution >= 0.6 is 0 Å². The molecule has 0 fully saturated rings. The number of hydrogen-bond acceptors (Lipinski definition) is 7. The summed E-state index contributed by atoms with van der Waals surface area (Å²) in [5, 5.41) is -0.744. The first-order valence-electron chi connectivity index (χ1n) is 11.6. The summed E-state index contributed by atoms with van der Waals surface area (Å²) in [6.45, 7) is 7.41. The average molecular weight is 451 g/mol. The first-order valence-corrected chi connectivity index (χ1v) is 13.1. The second-order valence-corrected chi connectivity index (χ2v) is 9.35. The highest BCUT2D eigenvalue weighted by atomic mass is 32.2. The van der Waals surface area contributed by atoms with Crippen molar-refractivity contribution in [3.05, 3.63) is 0 Å². The maximum absolute atomic E-state index is 13.0. The van der Waals surface area contributed by atoms with Crippen LogP contribution in [0.1, 0.15) is 105 Å². The number of esters is 2. The zero-order valence-corrected chi connectivity index (χ0v) is 20.1. The number of rotatable bonds is 19. The minimum atomic E-state index is -4.13. The zero-order chi connectivity index (χ0) is 22.8. The Balaban J connectivity index is 5.15. The molecule has 0 aliphatic rings. The van der Waals surface area contributed by atoms with Crippen LogP contribution in [0.15, 0.2) is 0 Å². The number of carbonyl (C=O) groups excluding carboxylic acids is 2. The van der Waals surface area contributed by atoms with E-state index in [0.717, 1.165) is 57.8 Å². The largest absolute Gasteiger partial charge is 0.464 e. The number of carbonyl (C=O) groups is 2. The maximum Gasteiger partial charge on any atom is 0.348 e. The lowest BCUT2D eigenvalue weighted by atomic mass is 10.0. The van der Waals surface area contributed by atoms with E-state index in [1.54, 1.807) is 13.8 Å². The van der Waals surface area contributed by atoms with Gasteiger partial charge >= 0.3 is 11.9 Å². The summed E-state index contributed by atoms with van der Waals surface area (Å²) in [6.07, 6.45) is 9.10. The van der Waals surface area contributed by atoms with Gasteiger partial charge in [0.2, 0.25) is 0 Å². The number of ether oxygens (including phenoxy) is 2. The van der Waals surface area contributed by atoms with E-state index in [-0.39, 0.29) is 13.2 Å². The zero-order valence-electron chi connectivity index (χ0n) is 19.3. The Hall–Kier alpha value is -1.15. The lowest BCUT2D eigenvalue weighted by molar-refractivity contribution is -0.166. The molecule has 0 N–H and O–H groups in total. The van der Waals surface area contributed by atoms with E-state index in [0.29, 0.717) is 12.8 Å². The quantitative estimate of drug-likeness (QED) is 0.119. The molecule has 30 heavy (non-hydrogen) atoms. The summed E-state index contributed by atoms with van der Waals surface area (Å²) < 4.78 is 40.6. The van der Waals surface area contributed by atoms with Crippen molar-refractivity contribution < 1.29 is 31.7 Å². The lowest BCUT2D eigenvalue weighted by Crippen LogP contribution is -2.40. The van der Waals surface area contributed by atoms with E-state index in [9.17, 15) is 18.0 Å². The van der Waals surface area contributed by atoms with E-state index in [4.69, 9.17) is 13.7 Å². The van der Waals surface area contributed by atoms with Gasteiger partial charge in [0.1, 0.15) is 0 Å². The van der Waals surface area contributed by atoms with Gasteiger partial charge in [-0.3, -0.25) is 0 Å². The van der Waals surface area contributed by atoms with E-state index in [1.165, 1.54) is 6.42 Å². The molecule has 0 rings (SSSR count). The fourth-order valence-electron chi connectivity index (χ4n) is 3.21. The smallest absolute Gasteiger partial charge is 0.348 e. The molecule has 0 bridgehead atoms. The van der Waals surface area contributed by atoms with Gasteiger partial charge in [0.15, 0.2) is 0 Å². The second-order valence-electron chi connectivity index (χ2n) is 7.50. The van der Waals surface area contributed by atoms with Gasteiger partial charge in [-0.1, -0.05) is 78.1 Å². The Kier molecular flexibility index (Phi) is 16.9. The summed E-state index contributed by atoms with van der Waals surface area (Å²) in [5.74, 6) is -2.08. The van der Waals surface area contributed by atoms with Crippen LogP contribution in [0.4, 0.5) is 0 Å². The molecule has 0 radical (unpaired) electrons. The molecule has 0 amide bonds. The highest BCUT2D eigenvalue weighted by Gasteiger charge is 2.38. The van der Waals surface area contributed by atoms with E-state index < -0.39 is 33.4 Å². The van der Waals surface area contributed by atoms with Crippen molar-refractivity contribution in [2.45, 2.75) is 116 Å². The summed E-state index contributed by atoms with van der Waals surface area (Å²) in [5.41, 5.74) is 0. The van der Waals surface area contributed by atoms with Crippen molar-refractivity contribution in [1.29, 1.82) is 0 Å². The van der Waals surface area contributed by atoms with Crippen molar-refractivity contribution >= 4 is 22.1 Å². The molecule has 7 nitrogen and oxygen atoms in total. The van der Waals surface area contributed by atoms with Crippen molar-refractivity contribution in [3.8, 4) is 0 Å². The molecular formula is C22H42O7S. The number of unbranched alkanes of at least 4 members (excludes halogenated alkanes) is 8. The summed E-state index contributed by atoms with van der Waals surface area (Å²) >= 11 is 0. The highest BCUT2D eigenvalue weighted by molar-refractivity contribution is 7.87. The van der Waals surface area contributed by atoms with Gasteiger partial charge in [0.25, 0.3) is 16.2 Å². The van der Waals surface area contributed by atoms with Crippen molar-refractivity contribution in [2.24, 2.45) is 0 Å². The van der Waals surface area contributed by atoms with Gasteiger partial charge in [-0.25, -0.2) is 13.8 Å². The van der Waals surface area contributed by atoms with Crippen LogP contribution in [0.2, 0.25) is 0 Å². The molecule has 0 aliphatic heterocycles. The number of hydrogen-bond donors (Lipinski definition) is 0. The molecule has 0 aromatic carbocycles. The van der Waals surface area contributed by atoms with Crippen molar-refractivity contribution in [1.82, 2.24) is 0 Å². The van der Waals surface area contributed by atoms with Gasteiger partial charge in [-0.15, -0.1) is 0 Å². The third-order valence-corrected chi connectivity index (χ3v) is 6.65. The monoisotopic (exact) mass is 450 g/mol. The molecule has 0 aromatic rings. The molecule has 0 saturated carbocycles. The van der Waals surface area contributed by atoms with Crippen LogP contribution in [0.3, 0.4) is 0 Å². The van der Waals surface area contributed by atoms with Gasteiger partial charge in [0.05, 0.1) is 18.5 Å². The normalized spacial score (nSPS) is 12.7. The van der Waals surface area contributed by atoms with Crippen LogP contribution in [0, 0.1) is 0 Å². The van der Waals surface area contributed by atoms with Gasteiger partial charge in [-0.05, 0) is 26.7 Å². The van der Waals surface area contributed by atoms with E-state index in [1.807, 2.05) is 0 Å². The Labute approximate surface area is 183 Å². The molecule has 0 aliphatic carbocycles. The van der Waals surface area contributed by atoms with E-state index >= 15 is 0 Å². The Morgan fingerprint density at radius 2 is 1.07 bits per heavy atom. The Bertz CT molecular complexity index is 542. The minimum Gasteiger partial charge on any atom is -0.464 e. The van der Waals surface area contributed by atoms with Crippen LogP contribution < -0.4 is 0 Å². The van der Waals surface area contributed by atoms with Crippen LogP contribution in [0.25, 0.3) is 0 Å². The standard InChI is InChI=1S/C22H42O7S/c1-5-9-11-13-14-16-18-19(17-15-12-10-6-2)30(25,26)29-20(21(23)27-7-3)22(24)28-8-4/h19-20H,5-18H2,1-4H3. The Morgan fingerprint density at radius 3 is 1.50 bits per heavy atom. The second kappa shape index (κ2) is 17.5. The van der Waals surface area contributed by atoms with Crippen LogP contribution in [-0.2, 0) is 33.4 Å². The van der Waals surface area contributed by atoms with Gasteiger partial charge < -0.3 is 9.47 Å². The molecule has 8 heteroatoms. The summed E-state index contributed by atoms with van der Waals surface area (Å²) in [4.78, 5) is 24.2. The minimum absolute atomic E-state index is 0.0103. The van der Waals surface area contributed by atoms with Crippen molar-refractivity contribution in [2.75, 3.05) is 13.2 Å². The first-order chi connectivity index (χ1) is 14.3. The molecule has 1 atom stereocenters. The third-order valence-electron chi connectivity index (χ3n) is 4.90. The topological polar surface area (TPSA) is 96.0 Å². The maximum atomic E-state index is 13.0. The van der Waals surface area contributed by atoms with Gasteiger partial charge in [0, 0.05) is 0 Å². The first kappa shape index (κ1) is 28.9. The molecule has 1 unspecified atom stereocenters. The predicted octanol–water partition coefficient (Wildman–Crippen LogP) is 4.92. The molecule has 0 spiro atoms. The highest BCUT2D eigenvalue weighted by Crippen LogP contribution is 2.22. The van der Waals surface area contributed by atoms with Crippen molar-refractivity contribution in [3.63, 3.8) is 0 Å². The molecule has 0 saturated heterocycles. The summed E-state index contributed by atoms with van der Waals surface area (Å²) in [7, 11) is -4.13. The third kappa shape index (κ3) is 12.5. The molecule has 178 valence electrons. The predicted molar refractivity (Wildman–Crippen MR) is 118 cm³/mol. The summed E-state index contributed by atoms with van der Waals surface area (Å²) in [6, 6.07) is 0. The lowest BCUT2D eigenvalue weighted by Gasteiger charge is -2.21. The van der Waals surface area contributed by atoms with Crippen LogP contribution in [0.5, 0.6) is 0 Å². The van der Waals surface area contributed by atoms with Gasteiger partial charge in [-0.2, -0.15) is 8.42 Å². The van der Waals surface area contributed by atoms with Crippen LogP contribution in [-0.4, -0.2) is 44.9 Å². The molecule has 0 heterocycles. The average Bonchev–Trinajstić information content (AvgIpc) is 2.70.